The lowest BCUT2D eigenvalue weighted by Crippen LogP contribution is -2.27. The van der Waals surface area contributed by atoms with Crippen molar-refractivity contribution in [1.29, 1.82) is 0 Å². The Morgan fingerprint density at radius 2 is 1.70 bits per heavy atom. The number of anilines is 1. The summed E-state index contributed by atoms with van der Waals surface area (Å²) in [6.07, 6.45) is -1.03. The highest BCUT2D eigenvalue weighted by Gasteiger charge is 2.25. The van der Waals surface area contributed by atoms with E-state index in [1.807, 2.05) is 25.1 Å². The van der Waals surface area contributed by atoms with Gasteiger partial charge in [0, 0.05) is 18.4 Å². The summed E-state index contributed by atoms with van der Waals surface area (Å²) < 4.78 is 10.0. The molecule has 23 heavy (non-hydrogen) atoms. The van der Waals surface area contributed by atoms with E-state index in [2.05, 4.69) is 5.32 Å². The molecule has 0 saturated carbocycles. The Kier molecular flexibility index (Phi) is 5.88. The van der Waals surface area contributed by atoms with E-state index in [9.17, 15) is 9.59 Å². The van der Waals surface area contributed by atoms with Crippen molar-refractivity contribution in [2.24, 2.45) is 0 Å². The van der Waals surface area contributed by atoms with Gasteiger partial charge in [-0.1, -0.05) is 48.0 Å². The lowest BCUT2D eigenvalue weighted by atomic mass is 10.1. The molecule has 2 rings (SSSR count). The number of rotatable bonds is 6. The topological polar surface area (TPSA) is 64.6 Å². The number of hydrogen-bond acceptors (Lipinski definition) is 4. The first-order chi connectivity index (χ1) is 11.1. The molecule has 0 heterocycles. The molecule has 1 N–H and O–H groups in total. The number of hydrogen-bond donors (Lipinski definition) is 1. The second-order valence-electron chi connectivity index (χ2n) is 5.07. The van der Waals surface area contributed by atoms with Gasteiger partial charge in [-0.2, -0.15) is 0 Å². The number of esters is 1. The fraction of sp³-hybridized carbons (Fsp3) is 0.222. The number of amides is 1. The van der Waals surface area contributed by atoms with E-state index in [0.29, 0.717) is 11.3 Å². The molecule has 0 aromatic heterocycles. The summed E-state index contributed by atoms with van der Waals surface area (Å²) in [6, 6.07) is 16.2. The second-order valence-corrected chi connectivity index (χ2v) is 5.07. The van der Waals surface area contributed by atoms with Crippen molar-refractivity contribution in [2.45, 2.75) is 13.0 Å². The molecule has 0 radical (unpaired) electrons. The normalized spacial score (nSPS) is 11.6. The summed E-state index contributed by atoms with van der Waals surface area (Å²) in [5.41, 5.74) is 2.33. The van der Waals surface area contributed by atoms with Crippen LogP contribution in [0.2, 0.25) is 0 Å². The third-order valence-electron chi connectivity index (χ3n) is 3.17. The van der Waals surface area contributed by atoms with Crippen LogP contribution in [0.15, 0.2) is 54.6 Å². The van der Waals surface area contributed by atoms with Gasteiger partial charge in [0.2, 0.25) is 6.10 Å². The van der Waals surface area contributed by atoms with Crippen LogP contribution in [0.25, 0.3) is 0 Å². The van der Waals surface area contributed by atoms with Crippen LogP contribution >= 0.6 is 0 Å². The summed E-state index contributed by atoms with van der Waals surface area (Å²) in [6.45, 7) is 1.76. The minimum atomic E-state index is -1.03. The van der Waals surface area contributed by atoms with Gasteiger partial charge in [0.05, 0.1) is 0 Å². The molecule has 0 saturated heterocycles. The van der Waals surface area contributed by atoms with Crippen LogP contribution in [0.4, 0.5) is 5.69 Å². The molecular formula is C18H19NO4. The highest BCUT2D eigenvalue weighted by molar-refractivity contribution is 5.96. The van der Waals surface area contributed by atoms with Crippen LogP contribution in [0.1, 0.15) is 17.2 Å². The van der Waals surface area contributed by atoms with Crippen molar-refractivity contribution in [3.05, 3.63) is 65.7 Å². The summed E-state index contributed by atoms with van der Waals surface area (Å²) in [4.78, 5) is 24.2. The molecule has 0 fully saturated rings. The van der Waals surface area contributed by atoms with Crippen molar-refractivity contribution >= 4 is 17.6 Å². The third-order valence-corrected chi connectivity index (χ3v) is 3.17. The fourth-order valence-corrected chi connectivity index (χ4v) is 2.03. The maximum Gasteiger partial charge on any atom is 0.333 e. The van der Waals surface area contributed by atoms with Crippen molar-refractivity contribution in [2.75, 3.05) is 19.0 Å². The van der Waals surface area contributed by atoms with Gasteiger partial charge in [0.1, 0.15) is 6.61 Å². The molecule has 0 spiro atoms. The van der Waals surface area contributed by atoms with Gasteiger partial charge in [-0.25, -0.2) is 4.79 Å². The largest absolute Gasteiger partial charge is 0.446 e. The van der Waals surface area contributed by atoms with Gasteiger partial charge >= 0.3 is 5.97 Å². The van der Waals surface area contributed by atoms with E-state index < -0.39 is 18.0 Å². The number of carbonyl (C=O) groups is 2. The van der Waals surface area contributed by atoms with Gasteiger partial charge in [0.25, 0.3) is 5.91 Å². The lowest BCUT2D eigenvalue weighted by Gasteiger charge is -2.18. The SMILES string of the molecule is COCC(=O)O[C@@H](C(=O)Nc1ccc(C)cc1)c1ccccc1. The average Bonchev–Trinajstić information content (AvgIpc) is 2.56. The summed E-state index contributed by atoms with van der Waals surface area (Å²) in [5, 5.41) is 2.76. The average molecular weight is 313 g/mol. The standard InChI is InChI=1S/C18H19NO4/c1-13-8-10-15(11-9-13)19-18(21)17(23-16(20)12-22-2)14-6-4-3-5-7-14/h3-11,17H,12H2,1-2H3,(H,19,21)/t17-/m1/s1. The number of carbonyl (C=O) groups excluding carboxylic acids is 2. The van der Waals surface area contributed by atoms with Gasteiger partial charge in [-0.15, -0.1) is 0 Å². The highest BCUT2D eigenvalue weighted by Crippen LogP contribution is 2.20. The number of nitrogens with one attached hydrogen (secondary N) is 1. The Morgan fingerprint density at radius 3 is 2.30 bits per heavy atom. The number of aryl methyl sites for hydroxylation is 1. The summed E-state index contributed by atoms with van der Waals surface area (Å²) in [5.74, 6) is -1.01. The number of benzene rings is 2. The smallest absolute Gasteiger partial charge is 0.333 e. The van der Waals surface area contributed by atoms with Crippen molar-refractivity contribution < 1.29 is 19.1 Å². The van der Waals surface area contributed by atoms with Gasteiger partial charge in [0.15, 0.2) is 0 Å². The molecule has 1 amide bonds. The summed E-state index contributed by atoms with van der Waals surface area (Å²) in [7, 11) is 1.39. The van der Waals surface area contributed by atoms with Crippen LogP contribution in [0.5, 0.6) is 0 Å². The zero-order valence-electron chi connectivity index (χ0n) is 13.1. The second kappa shape index (κ2) is 8.10. The Hall–Kier alpha value is -2.66. The van der Waals surface area contributed by atoms with E-state index in [0.717, 1.165) is 5.56 Å². The first-order valence-electron chi connectivity index (χ1n) is 7.21. The third kappa shape index (κ3) is 4.93. The van der Waals surface area contributed by atoms with Crippen LogP contribution < -0.4 is 5.32 Å². The molecule has 0 aliphatic carbocycles. The predicted molar refractivity (Wildman–Crippen MR) is 87.0 cm³/mol. The molecule has 0 bridgehead atoms. The van der Waals surface area contributed by atoms with Gasteiger partial charge in [-0.3, -0.25) is 4.79 Å². The highest BCUT2D eigenvalue weighted by atomic mass is 16.6. The van der Waals surface area contributed by atoms with E-state index in [1.165, 1.54) is 7.11 Å². The molecule has 5 heteroatoms. The van der Waals surface area contributed by atoms with E-state index >= 15 is 0 Å². The van der Waals surface area contributed by atoms with Crippen LogP contribution in [0.3, 0.4) is 0 Å². The van der Waals surface area contributed by atoms with Crippen molar-refractivity contribution in [1.82, 2.24) is 0 Å². The van der Waals surface area contributed by atoms with Gasteiger partial charge < -0.3 is 14.8 Å². The zero-order valence-corrected chi connectivity index (χ0v) is 13.1. The molecule has 0 aliphatic rings. The van der Waals surface area contributed by atoms with Crippen molar-refractivity contribution in [3.63, 3.8) is 0 Å². The zero-order chi connectivity index (χ0) is 16.7. The van der Waals surface area contributed by atoms with Gasteiger partial charge in [-0.05, 0) is 19.1 Å². The predicted octanol–water partition coefficient (Wildman–Crippen LogP) is 2.86. The molecular weight excluding hydrogens is 294 g/mol. The van der Waals surface area contributed by atoms with Crippen LogP contribution in [0, 0.1) is 6.92 Å². The Bertz CT molecular complexity index is 652. The minimum absolute atomic E-state index is 0.207. The fourth-order valence-electron chi connectivity index (χ4n) is 2.03. The molecule has 5 nitrogen and oxygen atoms in total. The Balaban J connectivity index is 2.16. The molecule has 1 atom stereocenters. The van der Waals surface area contributed by atoms with E-state index in [1.54, 1.807) is 36.4 Å². The molecule has 0 aliphatic heterocycles. The molecule has 0 unspecified atom stereocenters. The van der Waals surface area contributed by atoms with E-state index in [4.69, 9.17) is 9.47 Å². The van der Waals surface area contributed by atoms with Crippen molar-refractivity contribution in [3.8, 4) is 0 Å². The quantitative estimate of drug-likeness (QED) is 0.833. The monoisotopic (exact) mass is 313 g/mol. The summed E-state index contributed by atoms with van der Waals surface area (Å²) >= 11 is 0. The van der Waals surface area contributed by atoms with E-state index in [-0.39, 0.29) is 6.61 Å². The number of methoxy groups -OCH3 is 1. The lowest BCUT2D eigenvalue weighted by molar-refractivity contribution is -0.158. The number of ether oxygens (including phenoxy) is 2. The molecule has 2 aromatic rings. The first-order valence-corrected chi connectivity index (χ1v) is 7.21. The Morgan fingerprint density at radius 1 is 1.04 bits per heavy atom. The van der Waals surface area contributed by atoms with Crippen LogP contribution in [-0.4, -0.2) is 25.6 Å². The Labute approximate surface area is 135 Å². The van der Waals surface area contributed by atoms with Crippen LogP contribution in [-0.2, 0) is 19.1 Å². The maximum atomic E-state index is 12.5. The maximum absolute atomic E-state index is 12.5. The first kappa shape index (κ1) is 16.7. The minimum Gasteiger partial charge on any atom is -0.446 e. The molecule has 120 valence electrons. The molecule has 2 aromatic carbocycles.